The van der Waals surface area contributed by atoms with E-state index in [1.807, 2.05) is 0 Å². The van der Waals surface area contributed by atoms with Gasteiger partial charge in [-0.05, 0) is 56.7 Å². The maximum absolute atomic E-state index is 12.2. The lowest BCUT2D eigenvalue weighted by molar-refractivity contribution is -0.136. The standard InChI is InChI=1S/C21H27N3O4/c1-28-18-10-9-16(14-17(18)24-13-5-8-19(24)25)23-21(27)20(26)22-12-11-15-6-3-2-4-7-15/h6,9-10,14H,2-5,7-8,11-13H2,1H3,(H,22,26)(H,23,27). The van der Waals surface area contributed by atoms with E-state index in [1.54, 1.807) is 23.1 Å². The van der Waals surface area contributed by atoms with Gasteiger partial charge < -0.3 is 20.3 Å². The van der Waals surface area contributed by atoms with E-state index in [4.69, 9.17) is 4.74 Å². The van der Waals surface area contributed by atoms with Gasteiger partial charge in [-0.1, -0.05) is 11.6 Å². The SMILES string of the molecule is COc1ccc(NC(=O)C(=O)NCCC2=CCCCC2)cc1N1CCCC1=O. The normalized spacial score (nSPS) is 16.5. The monoisotopic (exact) mass is 385 g/mol. The topological polar surface area (TPSA) is 87.7 Å². The molecule has 1 aromatic rings. The molecule has 0 aromatic heterocycles. The van der Waals surface area contributed by atoms with Crippen molar-refractivity contribution in [2.24, 2.45) is 0 Å². The van der Waals surface area contributed by atoms with Gasteiger partial charge in [0.05, 0.1) is 12.8 Å². The van der Waals surface area contributed by atoms with E-state index >= 15 is 0 Å². The summed E-state index contributed by atoms with van der Waals surface area (Å²) in [6.07, 6.45) is 8.90. The number of carbonyl (C=O) groups excluding carboxylic acids is 3. The molecule has 1 aliphatic heterocycles. The predicted octanol–water partition coefficient (Wildman–Crippen LogP) is 2.77. The van der Waals surface area contributed by atoms with E-state index in [0.29, 0.717) is 36.6 Å². The number of hydrogen-bond acceptors (Lipinski definition) is 4. The van der Waals surface area contributed by atoms with Crippen LogP contribution in [0.15, 0.2) is 29.8 Å². The molecule has 0 atom stereocenters. The number of anilines is 2. The Bertz CT molecular complexity index is 788. The molecule has 1 heterocycles. The summed E-state index contributed by atoms with van der Waals surface area (Å²) in [6, 6.07) is 5.00. The molecule has 7 heteroatoms. The molecule has 1 aliphatic carbocycles. The largest absolute Gasteiger partial charge is 0.495 e. The summed E-state index contributed by atoms with van der Waals surface area (Å²) in [5.41, 5.74) is 2.40. The molecule has 1 aromatic carbocycles. The third-order valence-electron chi connectivity index (χ3n) is 5.12. The van der Waals surface area contributed by atoms with Crippen LogP contribution in [0.2, 0.25) is 0 Å². The van der Waals surface area contributed by atoms with Crippen LogP contribution >= 0.6 is 0 Å². The number of hydrogen-bond donors (Lipinski definition) is 2. The van der Waals surface area contributed by atoms with E-state index in [9.17, 15) is 14.4 Å². The summed E-state index contributed by atoms with van der Waals surface area (Å²) in [4.78, 5) is 38.0. The first kappa shape index (κ1) is 19.9. The van der Waals surface area contributed by atoms with Gasteiger partial charge in [0.15, 0.2) is 0 Å². The number of nitrogens with one attached hydrogen (secondary N) is 2. The van der Waals surface area contributed by atoms with E-state index in [0.717, 1.165) is 25.7 Å². The number of carbonyl (C=O) groups is 3. The molecule has 2 aliphatic rings. The molecule has 3 rings (SSSR count). The van der Waals surface area contributed by atoms with Crippen molar-refractivity contribution in [1.82, 2.24) is 5.32 Å². The smallest absolute Gasteiger partial charge is 0.313 e. The van der Waals surface area contributed by atoms with Crippen LogP contribution in [-0.2, 0) is 14.4 Å². The molecule has 0 spiro atoms. The number of benzene rings is 1. The zero-order chi connectivity index (χ0) is 19.9. The van der Waals surface area contributed by atoms with Gasteiger partial charge in [0.2, 0.25) is 5.91 Å². The Kier molecular flexibility index (Phi) is 6.68. The van der Waals surface area contributed by atoms with Gasteiger partial charge in [0, 0.05) is 25.2 Å². The first-order valence-electron chi connectivity index (χ1n) is 9.84. The predicted molar refractivity (Wildman–Crippen MR) is 107 cm³/mol. The van der Waals surface area contributed by atoms with Crippen LogP contribution in [0.25, 0.3) is 0 Å². The van der Waals surface area contributed by atoms with Crippen LogP contribution in [0.4, 0.5) is 11.4 Å². The zero-order valence-corrected chi connectivity index (χ0v) is 16.3. The molecular weight excluding hydrogens is 358 g/mol. The zero-order valence-electron chi connectivity index (χ0n) is 16.3. The van der Waals surface area contributed by atoms with Gasteiger partial charge in [-0.15, -0.1) is 0 Å². The third-order valence-corrected chi connectivity index (χ3v) is 5.12. The molecule has 1 fully saturated rings. The van der Waals surface area contributed by atoms with Crippen molar-refractivity contribution in [2.45, 2.75) is 44.9 Å². The highest BCUT2D eigenvalue weighted by Crippen LogP contribution is 2.34. The van der Waals surface area contributed by atoms with Crippen LogP contribution in [0.1, 0.15) is 44.9 Å². The summed E-state index contributed by atoms with van der Waals surface area (Å²) in [7, 11) is 1.53. The fraction of sp³-hybridized carbons (Fsp3) is 0.476. The van der Waals surface area contributed by atoms with Crippen molar-refractivity contribution < 1.29 is 19.1 Å². The van der Waals surface area contributed by atoms with Crippen LogP contribution in [0.3, 0.4) is 0 Å². The second-order valence-corrected chi connectivity index (χ2v) is 7.10. The highest BCUT2D eigenvalue weighted by atomic mass is 16.5. The van der Waals surface area contributed by atoms with Crippen molar-refractivity contribution in [2.75, 3.05) is 30.4 Å². The van der Waals surface area contributed by atoms with Crippen LogP contribution in [0.5, 0.6) is 5.75 Å². The van der Waals surface area contributed by atoms with Gasteiger partial charge in [-0.25, -0.2) is 0 Å². The maximum Gasteiger partial charge on any atom is 0.313 e. The van der Waals surface area contributed by atoms with Crippen molar-refractivity contribution in [3.05, 3.63) is 29.8 Å². The molecule has 0 bridgehead atoms. The van der Waals surface area contributed by atoms with E-state index in [1.165, 1.54) is 25.5 Å². The molecule has 0 radical (unpaired) electrons. The van der Waals surface area contributed by atoms with Gasteiger partial charge in [0.25, 0.3) is 0 Å². The molecule has 150 valence electrons. The number of amides is 3. The second kappa shape index (κ2) is 9.39. The Labute approximate surface area is 165 Å². The average molecular weight is 385 g/mol. The lowest BCUT2D eigenvalue weighted by atomic mass is 9.97. The first-order valence-corrected chi connectivity index (χ1v) is 9.84. The molecule has 3 amide bonds. The van der Waals surface area contributed by atoms with E-state index in [2.05, 4.69) is 16.7 Å². The second-order valence-electron chi connectivity index (χ2n) is 7.10. The maximum atomic E-state index is 12.2. The van der Waals surface area contributed by atoms with Crippen LogP contribution in [-0.4, -0.2) is 37.9 Å². The van der Waals surface area contributed by atoms with Gasteiger partial charge in [-0.3, -0.25) is 14.4 Å². The number of methoxy groups -OCH3 is 1. The highest BCUT2D eigenvalue weighted by Gasteiger charge is 2.25. The summed E-state index contributed by atoms with van der Waals surface area (Å²) in [5.74, 6) is -0.803. The highest BCUT2D eigenvalue weighted by molar-refractivity contribution is 6.39. The van der Waals surface area contributed by atoms with Crippen LogP contribution in [0, 0.1) is 0 Å². The minimum atomic E-state index is -0.721. The number of allylic oxidation sites excluding steroid dienone is 1. The van der Waals surface area contributed by atoms with Gasteiger partial charge in [0.1, 0.15) is 5.75 Å². The summed E-state index contributed by atoms with van der Waals surface area (Å²) < 4.78 is 5.33. The van der Waals surface area contributed by atoms with Crippen molar-refractivity contribution in [3.8, 4) is 5.75 Å². The number of ether oxygens (including phenoxy) is 1. The molecule has 0 unspecified atom stereocenters. The fourth-order valence-electron chi connectivity index (χ4n) is 3.62. The van der Waals surface area contributed by atoms with Crippen molar-refractivity contribution in [1.29, 1.82) is 0 Å². The molecule has 2 N–H and O–H groups in total. The van der Waals surface area contributed by atoms with Gasteiger partial charge in [-0.2, -0.15) is 0 Å². The average Bonchev–Trinajstić information content (AvgIpc) is 3.14. The minimum Gasteiger partial charge on any atom is -0.495 e. The Morgan fingerprint density at radius 2 is 2.00 bits per heavy atom. The summed E-state index contributed by atoms with van der Waals surface area (Å²) in [5, 5.41) is 5.27. The Morgan fingerprint density at radius 1 is 1.14 bits per heavy atom. The van der Waals surface area contributed by atoms with E-state index < -0.39 is 11.8 Å². The Balaban J connectivity index is 1.57. The van der Waals surface area contributed by atoms with Gasteiger partial charge >= 0.3 is 11.8 Å². The molecule has 28 heavy (non-hydrogen) atoms. The van der Waals surface area contributed by atoms with Crippen LogP contribution < -0.4 is 20.3 Å². The molecule has 0 saturated carbocycles. The quantitative estimate of drug-likeness (QED) is 0.582. The lowest BCUT2D eigenvalue weighted by Gasteiger charge is -2.20. The molecule has 7 nitrogen and oxygen atoms in total. The molecular formula is C21H27N3O4. The Hall–Kier alpha value is -2.83. The molecule has 1 saturated heterocycles. The number of nitrogens with zero attached hydrogens (tertiary/aromatic N) is 1. The van der Waals surface area contributed by atoms with E-state index in [-0.39, 0.29) is 5.91 Å². The van der Waals surface area contributed by atoms with Crippen molar-refractivity contribution in [3.63, 3.8) is 0 Å². The minimum absolute atomic E-state index is 0.0246. The lowest BCUT2D eigenvalue weighted by Crippen LogP contribution is -2.36. The first-order chi connectivity index (χ1) is 13.6. The summed E-state index contributed by atoms with van der Waals surface area (Å²) in [6.45, 7) is 1.07. The summed E-state index contributed by atoms with van der Waals surface area (Å²) >= 11 is 0. The third kappa shape index (κ3) is 4.91. The number of rotatable bonds is 6. The van der Waals surface area contributed by atoms with Crippen molar-refractivity contribution >= 4 is 29.1 Å². The Morgan fingerprint density at radius 3 is 2.68 bits per heavy atom. The fourth-order valence-corrected chi connectivity index (χ4v) is 3.62.